The monoisotopic (exact) mass is 414 g/mol. The van der Waals surface area contributed by atoms with E-state index in [1.165, 1.54) is 0 Å². The zero-order chi connectivity index (χ0) is 21.2. The number of rotatable bonds is 5. The third-order valence-electron chi connectivity index (χ3n) is 3.95. The molecule has 0 fully saturated rings. The van der Waals surface area contributed by atoms with Gasteiger partial charge in [-0.1, -0.05) is 11.3 Å². The molecule has 0 radical (unpaired) electrons. The maximum atomic E-state index is 13.6. The van der Waals surface area contributed by atoms with Crippen LogP contribution in [-0.2, 0) is 12.6 Å². The van der Waals surface area contributed by atoms with Crippen molar-refractivity contribution in [1.29, 1.82) is 0 Å². The van der Waals surface area contributed by atoms with Gasteiger partial charge in [0.2, 0.25) is 0 Å². The van der Waals surface area contributed by atoms with Gasteiger partial charge in [0.1, 0.15) is 17.5 Å². The second-order valence-electron chi connectivity index (χ2n) is 5.88. The molecule has 0 spiro atoms. The largest absolute Gasteiger partial charge is 0.435 e. The molecule has 0 atom stereocenters. The van der Waals surface area contributed by atoms with Crippen molar-refractivity contribution >= 4 is 5.91 Å². The highest BCUT2D eigenvalue weighted by atomic mass is 19.4. The first-order valence-corrected chi connectivity index (χ1v) is 8.18. The summed E-state index contributed by atoms with van der Waals surface area (Å²) in [6, 6.07) is 7.16. The van der Waals surface area contributed by atoms with Crippen LogP contribution in [0.3, 0.4) is 0 Å². The van der Waals surface area contributed by atoms with Gasteiger partial charge >= 0.3 is 6.18 Å². The summed E-state index contributed by atoms with van der Waals surface area (Å²) in [6.45, 7) is -0.336. The fourth-order valence-corrected chi connectivity index (χ4v) is 2.61. The second-order valence-corrected chi connectivity index (χ2v) is 5.88. The molecule has 1 aromatic heterocycles. The topological polar surface area (TPSA) is 59.8 Å². The number of aromatic nitrogens is 3. The molecule has 0 aliphatic rings. The first kappa shape index (κ1) is 20.4. The maximum absolute atomic E-state index is 13.6. The lowest BCUT2D eigenvalue weighted by molar-refractivity contribution is -0.143. The van der Waals surface area contributed by atoms with Gasteiger partial charge in [0.05, 0.1) is 5.69 Å². The van der Waals surface area contributed by atoms with Crippen LogP contribution in [0.5, 0.6) is 0 Å². The molecule has 0 bridgehead atoms. The lowest BCUT2D eigenvalue weighted by Crippen LogP contribution is -2.29. The molecule has 0 unspecified atom stereocenters. The number of carbonyl (C=O) groups excluding carboxylic acids is 1. The number of carbonyl (C=O) groups is 1. The molecule has 0 saturated carbocycles. The average molecular weight is 414 g/mol. The third kappa shape index (κ3) is 4.39. The molecule has 1 amide bonds. The van der Waals surface area contributed by atoms with Crippen LogP contribution in [0.4, 0.5) is 26.3 Å². The number of hydrogen-bond donors (Lipinski definition) is 1. The molecule has 11 heteroatoms. The zero-order valence-corrected chi connectivity index (χ0v) is 14.5. The molecule has 0 saturated heterocycles. The van der Waals surface area contributed by atoms with Crippen LogP contribution in [0.2, 0.25) is 0 Å². The normalized spacial score (nSPS) is 11.5. The second kappa shape index (κ2) is 7.94. The van der Waals surface area contributed by atoms with Gasteiger partial charge in [0.25, 0.3) is 5.91 Å². The summed E-state index contributed by atoms with van der Waals surface area (Å²) in [6.07, 6.45) is -5.28. The summed E-state index contributed by atoms with van der Waals surface area (Å²) in [5.41, 5.74) is -2.94. The van der Waals surface area contributed by atoms with Gasteiger partial charge in [-0.2, -0.15) is 13.2 Å². The summed E-state index contributed by atoms with van der Waals surface area (Å²) in [4.78, 5) is 12.2. The van der Waals surface area contributed by atoms with Gasteiger partial charge in [0, 0.05) is 12.1 Å². The van der Waals surface area contributed by atoms with E-state index in [-0.39, 0.29) is 24.2 Å². The molecule has 0 aliphatic carbocycles. The molecule has 29 heavy (non-hydrogen) atoms. The Labute approximate surface area is 160 Å². The third-order valence-corrected chi connectivity index (χ3v) is 3.95. The van der Waals surface area contributed by atoms with Crippen molar-refractivity contribution in [3.8, 4) is 5.69 Å². The number of halogens is 6. The number of nitrogens with one attached hydrogen (secondary N) is 1. The molecule has 5 nitrogen and oxygen atoms in total. The summed E-state index contributed by atoms with van der Waals surface area (Å²) < 4.78 is 81.1. The van der Waals surface area contributed by atoms with E-state index in [9.17, 15) is 31.1 Å². The Kier molecular flexibility index (Phi) is 5.57. The Morgan fingerprint density at radius 1 is 1.00 bits per heavy atom. The Morgan fingerprint density at radius 3 is 2.21 bits per heavy atom. The fourth-order valence-electron chi connectivity index (χ4n) is 2.61. The van der Waals surface area contributed by atoms with Gasteiger partial charge < -0.3 is 5.32 Å². The van der Waals surface area contributed by atoms with Crippen LogP contribution in [0.1, 0.15) is 21.7 Å². The maximum Gasteiger partial charge on any atom is 0.435 e. The van der Waals surface area contributed by atoms with E-state index in [0.717, 1.165) is 42.5 Å². The van der Waals surface area contributed by atoms with Crippen LogP contribution in [-0.4, -0.2) is 27.4 Å². The van der Waals surface area contributed by atoms with E-state index in [4.69, 9.17) is 0 Å². The van der Waals surface area contributed by atoms with Crippen molar-refractivity contribution < 1.29 is 31.1 Å². The first-order valence-electron chi connectivity index (χ1n) is 8.18. The zero-order valence-electron chi connectivity index (χ0n) is 14.5. The highest BCUT2D eigenvalue weighted by molar-refractivity contribution is 5.93. The molecule has 152 valence electrons. The van der Waals surface area contributed by atoms with Crippen molar-refractivity contribution in [3.05, 3.63) is 76.9 Å². The Balaban J connectivity index is 1.82. The number of amides is 1. The Hall–Kier alpha value is -3.37. The van der Waals surface area contributed by atoms with Crippen molar-refractivity contribution in [2.45, 2.75) is 12.6 Å². The van der Waals surface area contributed by atoms with E-state index in [1.54, 1.807) is 0 Å². The molecule has 1 heterocycles. The summed E-state index contributed by atoms with van der Waals surface area (Å²) in [7, 11) is 0. The number of nitrogens with zero attached hydrogens (tertiary/aromatic N) is 3. The highest BCUT2D eigenvalue weighted by Crippen LogP contribution is 2.32. The van der Waals surface area contributed by atoms with Crippen LogP contribution in [0, 0.1) is 17.5 Å². The van der Waals surface area contributed by atoms with Gasteiger partial charge in [-0.3, -0.25) is 4.79 Å². The van der Waals surface area contributed by atoms with Crippen LogP contribution in [0.15, 0.2) is 42.5 Å². The quantitative estimate of drug-likeness (QED) is 0.648. The SMILES string of the molecule is O=C(NCCc1c(F)cccc1F)c1nnn(-c2ccc(F)cc2)c1C(F)(F)F. The minimum atomic E-state index is -5.00. The van der Waals surface area contributed by atoms with Crippen LogP contribution >= 0.6 is 0 Å². The van der Waals surface area contributed by atoms with E-state index in [1.807, 2.05) is 0 Å². The van der Waals surface area contributed by atoms with E-state index in [0.29, 0.717) is 4.68 Å². The number of alkyl halides is 3. The van der Waals surface area contributed by atoms with Gasteiger partial charge in [-0.25, -0.2) is 17.9 Å². The van der Waals surface area contributed by atoms with Crippen LogP contribution in [0.25, 0.3) is 5.69 Å². The van der Waals surface area contributed by atoms with Gasteiger partial charge in [-0.05, 0) is 42.8 Å². The molecule has 0 aliphatic heterocycles. The van der Waals surface area contributed by atoms with E-state index < -0.39 is 40.9 Å². The van der Waals surface area contributed by atoms with Gasteiger partial charge in [-0.15, -0.1) is 5.10 Å². The molecule has 1 N–H and O–H groups in total. The van der Waals surface area contributed by atoms with Gasteiger partial charge in [0.15, 0.2) is 11.4 Å². The standard InChI is InChI=1S/C18H12F6N4O/c19-10-4-6-11(7-5-10)28-16(18(22,23)24)15(26-27-28)17(29)25-9-8-12-13(20)2-1-3-14(12)21/h1-7H,8-9H2,(H,25,29). The smallest absolute Gasteiger partial charge is 0.350 e. The average Bonchev–Trinajstić information content (AvgIpc) is 3.10. The highest BCUT2D eigenvalue weighted by Gasteiger charge is 2.42. The van der Waals surface area contributed by atoms with Crippen LogP contribution < -0.4 is 5.32 Å². The van der Waals surface area contributed by atoms with Crippen molar-refractivity contribution in [2.75, 3.05) is 6.54 Å². The Morgan fingerprint density at radius 2 is 1.62 bits per heavy atom. The molecular formula is C18H12F6N4O. The molecule has 2 aromatic carbocycles. The molecule has 3 aromatic rings. The first-order chi connectivity index (χ1) is 13.7. The summed E-state index contributed by atoms with van der Waals surface area (Å²) >= 11 is 0. The lowest BCUT2D eigenvalue weighted by Gasteiger charge is -2.11. The predicted octanol–water partition coefficient (Wildman–Crippen LogP) is 3.68. The predicted molar refractivity (Wildman–Crippen MR) is 88.7 cm³/mol. The minimum Gasteiger partial charge on any atom is -0.350 e. The molecule has 3 rings (SSSR count). The van der Waals surface area contributed by atoms with E-state index >= 15 is 0 Å². The number of benzene rings is 2. The summed E-state index contributed by atoms with van der Waals surface area (Å²) in [5.74, 6) is -3.56. The van der Waals surface area contributed by atoms with Crippen molar-refractivity contribution in [2.24, 2.45) is 0 Å². The number of hydrogen-bond acceptors (Lipinski definition) is 3. The summed E-state index contributed by atoms with van der Waals surface area (Å²) in [5, 5.41) is 8.76. The minimum absolute atomic E-state index is 0.154. The molecular weight excluding hydrogens is 402 g/mol. The van der Waals surface area contributed by atoms with E-state index in [2.05, 4.69) is 15.6 Å². The lowest BCUT2D eigenvalue weighted by atomic mass is 10.1. The Bertz CT molecular complexity index is 1010. The van der Waals surface area contributed by atoms with Crippen molar-refractivity contribution in [1.82, 2.24) is 20.3 Å². The fraction of sp³-hybridized carbons (Fsp3) is 0.167. The van der Waals surface area contributed by atoms with Crippen molar-refractivity contribution in [3.63, 3.8) is 0 Å².